The Morgan fingerprint density at radius 3 is 2.32 bits per heavy atom. The van der Waals surface area contributed by atoms with Crippen LogP contribution in [0, 0.1) is 0 Å². The standard InChI is InChI=1S/C15H17BCl2N2O2/c1-14(2)15(3,4)22-16(21-14)12-8-9-19-20(12)11-7-5-6-10(17)13(11)18/h5-9H,1-4H3. The molecule has 1 aromatic heterocycles. The summed E-state index contributed by atoms with van der Waals surface area (Å²) in [5.41, 5.74) is 0.655. The zero-order valence-corrected chi connectivity index (χ0v) is 14.4. The van der Waals surface area contributed by atoms with Crippen molar-refractivity contribution in [3.8, 4) is 5.69 Å². The van der Waals surface area contributed by atoms with E-state index in [9.17, 15) is 0 Å². The second kappa shape index (κ2) is 5.27. The van der Waals surface area contributed by atoms with Crippen LogP contribution >= 0.6 is 23.2 Å². The van der Waals surface area contributed by atoms with E-state index in [2.05, 4.69) is 5.10 Å². The van der Waals surface area contributed by atoms with E-state index in [0.717, 1.165) is 5.59 Å². The third kappa shape index (κ3) is 2.46. The Kier molecular flexibility index (Phi) is 3.80. The summed E-state index contributed by atoms with van der Waals surface area (Å²) in [5.74, 6) is 0. The van der Waals surface area contributed by atoms with E-state index >= 15 is 0 Å². The van der Waals surface area contributed by atoms with Gasteiger partial charge in [0.1, 0.15) is 0 Å². The molecule has 0 radical (unpaired) electrons. The van der Waals surface area contributed by atoms with Gasteiger partial charge in [0.25, 0.3) is 0 Å². The zero-order chi connectivity index (χ0) is 16.1. The molecule has 1 saturated heterocycles. The molecule has 0 spiro atoms. The highest BCUT2D eigenvalue weighted by Crippen LogP contribution is 2.37. The maximum atomic E-state index is 6.30. The molecule has 1 aromatic carbocycles. The van der Waals surface area contributed by atoms with Gasteiger partial charge in [-0.1, -0.05) is 29.3 Å². The maximum Gasteiger partial charge on any atom is 0.514 e. The fourth-order valence-electron chi connectivity index (χ4n) is 2.31. The Hall–Kier alpha value is -1.01. The molecule has 116 valence electrons. The molecule has 0 atom stereocenters. The molecule has 1 aliphatic rings. The van der Waals surface area contributed by atoms with E-state index in [4.69, 9.17) is 32.5 Å². The number of nitrogens with zero attached hydrogens (tertiary/aromatic N) is 2. The topological polar surface area (TPSA) is 36.3 Å². The van der Waals surface area contributed by atoms with Gasteiger partial charge in [0.05, 0.1) is 32.5 Å². The first-order valence-electron chi connectivity index (χ1n) is 7.07. The van der Waals surface area contributed by atoms with Crippen molar-refractivity contribution in [1.29, 1.82) is 0 Å². The molecule has 0 aliphatic carbocycles. The average Bonchev–Trinajstić information content (AvgIpc) is 2.96. The predicted octanol–water partition coefficient (Wildman–Crippen LogP) is 3.48. The summed E-state index contributed by atoms with van der Waals surface area (Å²) in [6.07, 6.45) is 1.69. The lowest BCUT2D eigenvalue weighted by molar-refractivity contribution is 0.00578. The largest absolute Gasteiger partial charge is 0.514 e. The smallest absolute Gasteiger partial charge is 0.398 e. The molecule has 2 heterocycles. The molecule has 7 heteroatoms. The third-order valence-corrected chi connectivity index (χ3v) is 5.14. The molecule has 1 fully saturated rings. The van der Waals surface area contributed by atoms with E-state index in [0.29, 0.717) is 15.7 Å². The van der Waals surface area contributed by atoms with Crippen LogP contribution in [-0.2, 0) is 9.31 Å². The molecule has 3 rings (SSSR count). The average molecular weight is 339 g/mol. The summed E-state index contributed by atoms with van der Waals surface area (Å²) in [7, 11) is -0.512. The zero-order valence-electron chi connectivity index (χ0n) is 12.9. The Balaban J connectivity index is 2.03. The van der Waals surface area contributed by atoms with Crippen LogP contribution in [0.15, 0.2) is 30.5 Å². The maximum absolute atomic E-state index is 6.30. The summed E-state index contributed by atoms with van der Waals surface area (Å²) in [6, 6.07) is 7.29. The molecule has 0 bridgehead atoms. The van der Waals surface area contributed by atoms with Crippen LogP contribution in [0.5, 0.6) is 0 Å². The SMILES string of the molecule is CC1(C)OB(c2ccnn2-c2cccc(Cl)c2Cl)OC1(C)C. The van der Waals surface area contributed by atoms with Crippen LogP contribution in [0.4, 0.5) is 0 Å². The molecule has 0 amide bonds. The third-order valence-electron chi connectivity index (χ3n) is 4.33. The predicted molar refractivity (Wildman–Crippen MR) is 89.3 cm³/mol. The van der Waals surface area contributed by atoms with Crippen molar-refractivity contribution in [2.24, 2.45) is 0 Å². The van der Waals surface area contributed by atoms with Crippen molar-refractivity contribution in [3.05, 3.63) is 40.5 Å². The molecule has 22 heavy (non-hydrogen) atoms. The molecule has 0 saturated carbocycles. The number of benzene rings is 1. The summed E-state index contributed by atoms with van der Waals surface area (Å²) >= 11 is 12.4. The highest BCUT2D eigenvalue weighted by Gasteiger charge is 2.52. The minimum Gasteiger partial charge on any atom is -0.398 e. The van der Waals surface area contributed by atoms with E-state index in [1.807, 2.05) is 45.9 Å². The van der Waals surface area contributed by atoms with Crippen LogP contribution in [0.1, 0.15) is 27.7 Å². The summed E-state index contributed by atoms with van der Waals surface area (Å²) in [4.78, 5) is 0. The number of rotatable bonds is 2. The lowest BCUT2D eigenvalue weighted by atomic mass is 9.84. The van der Waals surface area contributed by atoms with Crippen LogP contribution in [-0.4, -0.2) is 28.1 Å². The van der Waals surface area contributed by atoms with Gasteiger partial charge in [-0.25, -0.2) is 4.68 Å². The van der Waals surface area contributed by atoms with Gasteiger partial charge in [-0.15, -0.1) is 0 Å². The van der Waals surface area contributed by atoms with Crippen molar-refractivity contribution in [2.45, 2.75) is 38.9 Å². The Bertz CT molecular complexity index is 699. The molecule has 2 aromatic rings. The summed E-state index contributed by atoms with van der Waals surface area (Å²) in [5, 5.41) is 5.27. The fraction of sp³-hybridized carbons (Fsp3) is 0.400. The van der Waals surface area contributed by atoms with Crippen molar-refractivity contribution < 1.29 is 9.31 Å². The normalized spacial score (nSPS) is 19.6. The van der Waals surface area contributed by atoms with Gasteiger partial charge in [0, 0.05) is 6.20 Å². The van der Waals surface area contributed by atoms with Gasteiger partial charge in [0.15, 0.2) is 0 Å². The van der Waals surface area contributed by atoms with Gasteiger partial charge in [-0.3, -0.25) is 0 Å². The number of halogens is 2. The number of aromatic nitrogens is 2. The molecule has 1 aliphatic heterocycles. The van der Waals surface area contributed by atoms with E-state index in [-0.39, 0.29) is 0 Å². The second-order valence-corrected chi connectivity index (χ2v) is 7.11. The Morgan fingerprint density at radius 2 is 1.68 bits per heavy atom. The van der Waals surface area contributed by atoms with Gasteiger partial charge >= 0.3 is 7.12 Å². The molecule has 4 nitrogen and oxygen atoms in total. The fourth-order valence-corrected chi connectivity index (χ4v) is 2.69. The van der Waals surface area contributed by atoms with Gasteiger partial charge < -0.3 is 9.31 Å². The van der Waals surface area contributed by atoms with Crippen LogP contribution < -0.4 is 5.59 Å². The highest BCUT2D eigenvalue weighted by atomic mass is 35.5. The van der Waals surface area contributed by atoms with Crippen LogP contribution in [0.2, 0.25) is 10.0 Å². The van der Waals surface area contributed by atoms with E-state index in [1.165, 1.54) is 0 Å². The van der Waals surface area contributed by atoms with Gasteiger partial charge in [0.2, 0.25) is 0 Å². The van der Waals surface area contributed by atoms with Crippen molar-refractivity contribution in [1.82, 2.24) is 9.78 Å². The molecular weight excluding hydrogens is 322 g/mol. The summed E-state index contributed by atoms with van der Waals surface area (Å²) in [6.45, 7) is 8.06. The molecule has 0 unspecified atom stereocenters. The second-order valence-electron chi connectivity index (χ2n) is 6.33. The van der Waals surface area contributed by atoms with Crippen LogP contribution in [0.3, 0.4) is 0 Å². The first-order chi connectivity index (χ1) is 10.2. The lowest BCUT2D eigenvalue weighted by Gasteiger charge is -2.32. The van der Waals surface area contributed by atoms with Crippen molar-refractivity contribution >= 4 is 35.9 Å². The summed E-state index contributed by atoms with van der Waals surface area (Å²) < 4.78 is 13.9. The van der Waals surface area contributed by atoms with Gasteiger partial charge in [-0.2, -0.15) is 5.10 Å². The Morgan fingerprint density at radius 1 is 1.05 bits per heavy atom. The lowest BCUT2D eigenvalue weighted by Crippen LogP contribution is -2.41. The first kappa shape index (κ1) is 15.9. The quantitative estimate of drug-likeness (QED) is 0.786. The Labute approximate surface area is 140 Å². The number of hydrogen-bond donors (Lipinski definition) is 0. The molecule has 0 N–H and O–H groups in total. The molecular formula is C15H17BCl2N2O2. The number of hydrogen-bond acceptors (Lipinski definition) is 3. The van der Waals surface area contributed by atoms with Crippen LogP contribution in [0.25, 0.3) is 5.69 Å². The van der Waals surface area contributed by atoms with Gasteiger partial charge in [-0.05, 0) is 45.9 Å². The van der Waals surface area contributed by atoms with E-state index < -0.39 is 18.3 Å². The minimum absolute atomic E-state index is 0.412. The highest BCUT2D eigenvalue weighted by molar-refractivity contribution is 6.61. The van der Waals surface area contributed by atoms with Crippen molar-refractivity contribution in [2.75, 3.05) is 0 Å². The first-order valence-corrected chi connectivity index (χ1v) is 7.82. The monoisotopic (exact) mass is 338 g/mol. The van der Waals surface area contributed by atoms with Crippen molar-refractivity contribution in [3.63, 3.8) is 0 Å². The van der Waals surface area contributed by atoms with E-state index in [1.54, 1.807) is 16.9 Å². The minimum atomic E-state index is -0.512.